The number of ether oxygens (including phenoxy) is 3. The molecule has 0 aliphatic carbocycles. The van der Waals surface area contributed by atoms with Crippen LogP contribution in [0.5, 0.6) is 0 Å². The molecule has 0 rings (SSSR count). The van der Waals surface area contributed by atoms with Gasteiger partial charge in [0.25, 0.3) is 0 Å². The fourth-order valence-electron chi connectivity index (χ4n) is 8.27. The first-order valence-electron chi connectivity index (χ1n) is 29.4. The van der Waals surface area contributed by atoms with Crippen LogP contribution in [0.3, 0.4) is 0 Å². The fourth-order valence-corrected chi connectivity index (χ4v) is 8.27. The van der Waals surface area contributed by atoms with E-state index in [1.165, 1.54) is 148 Å². The van der Waals surface area contributed by atoms with Crippen molar-refractivity contribution in [3.63, 3.8) is 0 Å². The van der Waals surface area contributed by atoms with Crippen molar-refractivity contribution in [2.24, 2.45) is 0 Å². The first-order chi connectivity index (χ1) is 34.0. The molecule has 0 bridgehead atoms. The Hall–Kier alpha value is -3.15. The second kappa shape index (κ2) is 57.4. The highest BCUT2D eigenvalue weighted by Gasteiger charge is 2.19. The number of hydrogen-bond acceptors (Lipinski definition) is 6. The molecular formula is C63H110O6. The third-order valence-electron chi connectivity index (χ3n) is 12.7. The molecule has 69 heavy (non-hydrogen) atoms. The number of unbranched alkanes of at least 4 members (excludes halogenated alkanes) is 30. The zero-order chi connectivity index (χ0) is 50.0. The molecule has 0 heterocycles. The molecule has 0 radical (unpaired) electrons. The number of carbonyl (C=O) groups excluding carboxylic acids is 3. The zero-order valence-corrected chi connectivity index (χ0v) is 45.6. The standard InChI is InChI=1S/C63H110O6/c1-4-7-10-13-16-19-22-23-24-25-26-27-28-29-30-31-32-33-34-35-36-37-38-39-42-44-47-50-53-56-62(65)68-59-60(69-63(66)57-54-51-48-45-41-21-18-15-12-9-6-3)58-67-61(64)55-52-49-46-43-40-20-17-14-11-8-5-2/h7,10,15-16,18-19,23-24,26-27,29-30,60H,4-6,8-9,11-14,17,20-22,25,28,31-59H2,1-3H3/b10-7-,18-15-,19-16-,24-23-,27-26-,30-29-. The SMILES string of the molecule is CC/C=C\C/C=C\C/C=C\C/C=C\C/C=C\CCCCCCCCCCCCCCCC(=O)OCC(COC(=O)CCCCCCCCCCCCC)OC(=O)CCCCCCC/C=C\CCCC. The van der Waals surface area contributed by atoms with E-state index in [1.807, 2.05) is 0 Å². The van der Waals surface area contributed by atoms with Gasteiger partial charge in [-0.25, -0.2) is 0 Å². The lowest BCUT2D eigenvalue weighted by Gasteiger charge is -2.18. The van der Waals surface area contributed by atoms with E-state index in [4.69, 9.17) is 14.2 Å². The highest BCUT2D eigenvalue weighted by atomic mass is 16.6. The average molecular weight is 964 g/mol. The van der Waals surface area contributed by atoms with Gasteiger partial charge in [-0.05, 0) is 83.5 Å². The lowest BCUT2D eigenvalue weighted by Crippen LogP contribution is -2.30. The van der Waals surface area contributed by atoms with Crippen molar-refractivity contribution >= 4 is 17.9 Å². The van der Waals surface area contributed by atoms with Crippen LogP contribution in [0.25, 0.3) is 0 Å². The predicted molar refractivity (Wildman–Crippen MR) is 298 cm³/mol. The molecule has 0 N–H and O–H groups in total. The molecule has 0 aliphatic rings. The highest BCUT2D eigenvalue weighted by molar-refractivity contribution is 5.71. The van der Waals surface area contributed by atoms with Crippen LogP contribution in [-0.2, 0) is 28.6 Å². The lowest BCUT2D eigenvalue weighted by molar-refractivity contribution is -0.167. The topological polar surface area (TPSA) is 78.9 Å². The summed E-state index contributed by atoms with van der Waals surface area (Å²) in [6.45, 7) is 6.49. The molecule has 0 aromatic heterocycles. The summed E-state index contributed by atoms with van der Waals surface area (Å²) in [5.41, 5.74) is 0. The van der Waals surface area contributed by atoms with Gasteiger partial charge in [0, 0.05) is 19.3 Å². The lowest BCUT2D eigenvalue weighted by atomic mass is 10.0. The summed E-state index contributed by atoms with van der Waals surface area (Å²) in [5.74, 6) is -0.879. The van der Waals surface area contributed by atoms with Crippen LogP contribution in [0.4, 0.5) is 0 Å². The van der Waals surface area contributed by atoms with Crippen LogP contribution < -0.4 is 0 Å². The Kier molecular flexibility index (Phi) is 54.8. The van der Waals surface area contributed by atoms with E-state index in [2.05, 4.69) is 93.7 Å². The molecule has 6 nitrogen and oxygen atoms in total. The number of allylic oxidation sites excluding steroid dienone is 12. The van der Waals surface area contributed by atoms with Gasteiger partial charge in [-0.3, -0.25) is 14.4 Å². The van der Waals surface area contributed by atoms with Crippen molar-refractivity contribution in [3.05, 3.63) is 72.9 Å². The van der Waals surface area contributed by atoms with Crippen molar-refractivity contribution in [2.75, 3.05) is 13.2 Å². The minimum absolute atomic E-state index is 0.0753. The molecule has 0 fully saturated rings. The van der Waals surface area contributed by atoms with Crippen molar-refractivity contribution in [1.29, 1.82) is 0 Å². The van der Waals surface area contributed by atoms with Gasteiger partial charge in [0.15, 0.2) is 6.10 Å². The minimum Gasteiger partial charge on any atom is -0.462 e. The summed E-state index contributed by atoms with van der Waals surface area (Å²) in [7, 11) is 0. The molecule has 0 spiro atoms. The molecule has 0 aromatic rings. The maximum absolute atomic E-state index is 12.8. The van der Waals surface area contributed by atoms with Gasteiger partial charge in [0.1, 0.15) is 13.2 Å². The Morgan fingerprint density at radius 1 is 0.304 bits per heavy atom. The van der Waals surface area contributed by atoms with Crippen LogP contribution in [0.2, 0.25) is 0 Å². The summed E-state index contributed by atoms with van der Waals surface area (Å²) in [6, 6.07) is 0. The largest absolute Gasteiger partial charge is 0.462 e. The second-order valence-electron chi connectivity index (χ2n) is 19.5. The summed E-state index contributed by atoms with van der Waals surface area (Å²) < 4.78 is 16.8. The number of rotatable bonds is 53. The van der Waals surface area contributed by atoms with E-state index in [0.29, 0.717) is 19.3 Å². The summed E-state index contributed by atoms with van der Waals surface area (Å²) in [5, 5.41) is 0. The Balaban J connectivity index is 4.13. The summed E-state index contributed by atoms with van der Waals surface area (Å²) in [4.78, 5) is 38.0. The van der Waals surface area contributed by atoms with Crippen molar-refractivity contribution in [1.82, 2.24) is 0 Å². The van der Waals surface area contributed by atoms with Gasteiger partial charge in [-0.2, -0.15) is 0 Å². The van der Waals surface area contributed by atoms with Crippen LogP contribution >= 0.6 is 0 Å². The van der Waals surface area contributed by atoms with Crippen molar-refractivity contribution in [2.45, 2.75) is 297 Å². The molecule has 1 atom stereocenters. The molecular weight excluding hydrogens is 853 g/mol. The van der Waals surface area contributed by atoms with E-state index in [1.54, 1.807) is 0 Å². The van der Waals surface area contributed by atoms with Gasteiger partial charge in [0.05, 0.1) is 0 Å². The molecule has 0 saturated carbocycles. The first kappa shape index (κ1) is 65.8. The number of carbonyl (C=O) groups is 3. The zero-order valence-electron chi connectivity index (χ0n) is 45.6. The normalized spacial score (nSPS) is 12.6. The average Bonchev–Trinajstić information content (AvgIpc) is 3.35. The second-order valence-corrected chi connectivity index (χ2v) is 19.5. The van der Waals surface area contributed by atoms with Gasteiger partial charge in [-0.1, -0.05) is 261 Å². The Labute approximate surface area is 427 Å². The van der Waals surface area contributed by atoms with E-state index >= 15 is 0 Å². The Morgan fingerprint density at radius 2 is 0.580 bits per heavy atom. The quantitative estimate of drug-likeness (QED) is 0.0262. The maximum atomic E-state index is 12.8. The van der Waals surface area contributed by atoms with Crippen LogP contribution in [-0.4, -0.2) is 37.2 Å². The van der Waals surface area contributed by atoms with Crippen LogP contribution in [0.1, 0.15) is 290 Å². The molecule has 1 unspecified atom stereocenters. The van der Waals surface area contributed by atoms with E-state index < -0.39 is 6.10 Å². The Bertz CT molecular complexity index is 1290. The third-order valence-corrected chi connectivity index (χ3v) is 12.7. The molecule has 6 heteroatoms. The molecule has 0 saturated heterocycles. The fraction of sp³-hybridized carbons (Fsp3) is 0.762. The van der Waals surface area contributed by atoms with E-state index in [0.717, 1.165) is 103 Å². The molecule has 398 valence electrons. The molecule has 0 aliphatic heterocycles. The maximum Gasteiger partial charge on any atom is 0.306 e. The summed E-state index contributed by atoms with van der Waals surface area (Å²) >= 11 is 0. The highest BCUT2D eigenvalue weighted by Crippen LogP contribution is 2.16. The molecule has 0 amide bonds. The molecule has 0 aromatic carbocycles. The smallest absolute Gasteiger partial charge is 0.306 e. The van der Waals surface area contributed by atoms with Crippen molar-refractivity contribution in [3.8, 4) is 0 Å². The Morgan fingerprint density at radius 3 is 0.942 bits per heavy atom. The van der Waals surface area contributed by atoms with Crippen LogP contribution in [0.15, 0.2) is 72.9 Å². The van der Waals surface area contributed by atoms with E-state index in [9.17, 15) is 14.4 Å². The summed E-state index contributed by atoms with van der Waals surface area (Å²) in [6.07, 6.45) is 73.4. The van der Waals surface area contributed by atoms with Gasteiger partial charge in [-0.15, -0.1) is 0 Å². The first-order valence-corrected chi connectivity index (χ1v) is 29.4. The van der Waals surface area contributed by atoms with Gasteiger partial charge in [0.2, 0.25) is 0 Å². The minimum atomic E-state index is -0.776. The number of hydrogen-bond donors (Lipinski definition) is 0. The van der Waals surface area contributed by atoms with Gasteiger partial charge >= 0.3 is 17.9 Å². The van der Waals surface area contributed by atoms with Gasteiger partial charge < -0.3 is 14.2 Å². The van der Waals surface area contributed by atoms with Crippen molar-refractivity contribution < 1.29 is 28.6 Å². The van der Waals surface area contributed by atoms with E-state index in [-0.39, 0.29) is 31.1 Å². The third kappa shape index (κ3) is 55.6. The predicted octanol–water partition coefficient (Wildman–Crippen LogP) is 19.8. The monoisotopic (exact) mass is 963 g/mol. The number of esters is 3. The van der Waals surface area contributed by atoms with Crippen LogP contribution in [0, 0.1) is 0 Å².